The monoisotopic (exact) mass is 416 g/mol. The minimum Gasteiger partial charge on any atom is -0.491 e. The van der Waals surface area contributed by atoms with Crippen LogP contribution in [0.2, 0.25) is 5.02 Å². The topological polar surface area (TPSA) is 50.8 Å². The Balaban J connectivity index is 1.85. The second-order valence-corrected chi connectivity index (χ2v) is 6.56. The highest BCUT2D eigenvalue weighted by atomic mass is 35.5. The summed E-state index contributed by atoms with van der Waals surface area (Å²) in [7, 11) is 3.85. The zero-order valence-corrected chi connectivity index (χ0v) is 16.1. The highest BCUT2D eigenvalue weighted by molar-refractivity contribution is 6.32. The van der Waals surface area contributed by atoms with Gasteiger partial charge in [0.1, 0.15) is 18.1 Å². The van der Waals surface area contributed by atoms with Gasteiger partial charge in [0.2, 0.25) is 0 Å². The lowest BCUT2D eigenvalue weighted by Crippen LogP contribution is -2.20. The minimum atomic E-state index is -4.42. The lowest BCUT2D eigenvalue weighted by molar-refractivity contribution is -0.137. The molecule has 0 radical (unpaired) electrons. The van der Waals surface area contributed by atoms with E-state index in [0.717, 1.165) is 30.8 Å². The predicted octanol–water partition coefficient (Wildman–Crippen LogP) is 4.32. The summed E-state index contributed by atoms with van der Waals surface area (Å²) in [4.78, 5) is 13.9. The van der Waals surface area contributed by atoms with Crippen LogP contribution in [-0.4, -0.2) is 44.7 Å². The number of carbonyl (C=O) groups excluding carboxylic acids is 1. The van der Waals surface area contributed by atoms with Gasteiger partial charge in [-0.05, 0) is 56.6 Å². The molecule has 0 fully saturated rings. The first kappa shape index (κ1) is 21.8. The summed E-state index contributed by atoms with van der Waals surface area (Å²) >= 11 is 6.14. The molecule has 9 heteroatoms. The predicted molar refractivity (Wildman–Crippen MR) is 101 cm³/mol. The van der Waals surface area contributed by atoms with E-state index in [2.05, 4.69) is 5.32 Å². The third-order valence-corrected chi connectivity index (χ3v) is 3.86. The first-order valence-corrected chi connectivity index (χ1v) is 8.70. The van der Waals surface area contributed by atoms with Crippen molar-refractivity contribution in [1.82, 2.24) is 4.90 Å². The number of nitrogens with zero attached hydrogens (tertiary/aromatic N) is 1. The lowest BCUT2D eigenvalue weighted by Gasteiger charge is -2.13. The van der Waals surface area contributed by atoms with Crippen LogP contribution >= 0.6 is 11.6 Å². The van der Waals surface area contributed by atoms with Crippen molar-refractivity contribution in [2.45, 2.75) is 6.18 Å². The number of carbonyl (C=O) groups is 1. The van der Waals surface area contributed by atoms with E-state index in [1.165, 1.54) is 0 Å². The Labute approximate surface area is 166 Å². The largest absolute Gasteiger partial charge is 0.491 e. The van der Waals surface area contributed by atoms with Crippen molar-refractivity contribution in [3.05, 3.63) is 53.1 Å². The molecule has 1 N–H and O–H groups in total. The third kappa shape index (κ3) is 6.94. The van der Waals surface area contributed by atoms with Gasteiger partial charge < -0.3 is 19.7 Å². The van der Waals surface area contributed by atoms with Gasteiger partial charge in [-0.2, -0.15) is 13.2 Å². The summed E-state index contributed by atoms with van der Waals surface area (Å²) < 4.78 is 48.3. The molecule has 0 heterocycles. The molecule has 0 bridgehead atoms. The number of likely N-dealkylation sites (N-methyl/N-ethyl adjacent to an activating group) is 1. The molecule has 0 saturated heterocycles. The maximum atomic E-state index is 12.5. The molecule has 0 aliphatic heterocycles. The van der Waals surface area contributed by atoms with Crippen LogP contribution in [0.15, 0.2) is 42.5 Å². The zero-order valence-electron chi connectivity index (χ0n) is 15.3. The zero-order chi connectivity index (χ0) is 20.7. The number of amides is 1. The standard InChI is InChI=1S/C19H20ClF3N2O3/c1-25(2)9-10-27-17-8-5-14(11-16(17)20)24-18(26)12-28-15-6-3-13(4-7-15)19(21,22)23/h3-8,11H,9-10,12H2,1-2H3,(H,24,26). The summed E-state index contributed by atoms with van der Waals surface area (Å²) in [5.74, 6) is 0.186. The van der Waals surface area contributed by atoms with E-state index in [0.29, 0.717) is 23.1 Å². The quantitative estimate of drug-likeness (QED) is 0.696. The smallest absolute Gasteiger partial charge is 0.416 e. The van der Waals surface area contributed by atoms with Crippen LogP contribution in [-0.2, 0) is 11.0 Å². The van der Waals surface area contributed by atoms with E-state index in [4.69, 9.17) is 21.1 Å². The number of ether oxygens (including phenoxy) is 2. The second-order valence-electron chi connectivity index (χ2n) is 6.16. The van der Waals surface area contributed by atoms with Gasteiger partial charge >= 0.3 is 6.18 Å². The molecule has 2 rings (SSSR count). The average Bonchev–Trinajstić information content (AvgIpc) is 2.61. The molecule has 0 atom stereocenters. The molecule has 152 valence electrons. The molecule has 0 aromatic heterocycles. The van der Waals surface area contributed by atoms with E-state index < -0.39 is 17.6 Å². The van der Waals surface area contributed by atoms with E-state index in [-0.39, 0.29) is 12.4 Å². The molecule has 0 saturated carbocycles. The van der Waals surface area contributed by atoms with Gasteiger partial charge in [0.05, 0.1) is 10.6 Å². The number of halogens is 4. The van der Waals surface area contributed by atoms with Crippen LogP contribution in [0, 0.1) is 0 Å². The number of hydrogen-bond donors (Lipinski definition) is 1. The number of hydrogen-bond acceptors (Lipinski definition) is 4. The van der Waals surface area contributed by atoms with E-state index in [9.17, 15) is 18.0 Å². The molecule has 0 unspecified atom stereocenters. The number of anilines is 1. The fraction of sp³-hybridized carbons (Fsp3) is 0.316. The van der Waals surface area contributed by atoms with E-state index in [1.807, 2.05) is 19.0 Å². The van der Waals surface area contributed by atoms with Gasteiger partial charge in [-0.15, -0.1) is 0 Å². The summed E-state index contributed by atoms with van der Waals surface area (Å²) in [6.45, 7) is 0.847. The van der Waals surface area contributed by atoms with Crippen molar-refractivity contribution in [2.75, 3.05) is 39.2 Å². The van der Waals surface area contributed by atoms with Crippen molar-refractivity contribution in [3.8, 4) is 11.5 Å². The van der Waals surface area contributed by atoms with Gasteiger partial charge in [0.25, 0.3) is 5.91 Å². The van der Waals surface area contributed by atoms with Crippen molar-refractivity contribution in [3.63, 3.8) is 0 Å². The van der Waals surface area contributed by atoms with E-state index >= 15 is 0 Å². The van der Waals surface area contributed by atoms with Crippen LogP contribution in [0.1, 0.15) is 5.56 Å². The summed E-state index contributed by atoms with van der Waals surface area (Å²) in [5.41, 5.74) is -0.335. The molecule has 0 aliphatic rings. The Kier molecular flexibility index (Phi) is 7.53. The van der Waals surface area contributed by atoms with Crippen LogP contribution in [0.5, 0.6) is 11.5 Å². The normalized spacial score (nSPS) is 11.4. The molecule has 5 nitrogen and oxygen atoms in total. The van der Waals surface area contributed by atoms with Crippen molar-refractivity contribution >= 4 is 23.2 Å². The molecular formula is C19H20ClF3N2O3. The van der Waals surface area contributed by atoms with Gasteiger partial charge in [0.15, 0.2) is 6.61 Å². The van der Waals surface area contributed by atoms with Crippen LogP contribution in [0.25, 0.3) is 0 Å². The summed E-state index contributed by atoms with van der Waals surface area (Å²) in [5, 5.41) is 2.95. The highest BCUT2D eigenvalue weighted by Crippen LogP contribution is 2.30. The number of nitrogens with one attached hydrogen (secondary N) is 1. The first-order chi connectivity index (χ1) is 13.1. The Bertz CT molecular complexity index is 796. The number of rotatable bonds is 8. The van der Waals surface area contributed by atoms with Crippen LogP contribution in [0.3, 0.4) is 0 Å². The van der Waals surface area contributed by atoms with Gasteiger partial charge in [-0.25, -0.2) is 0 Å². The molecule has 0 aliphatic carbocycles. The fourth-order valence-electron chi connectivity index (χ4n) is 2.12. The van der Waals surface area contributed by atoms with E-state index in [1.54, 1.807) is 18.2 Å². The molecular weight excluding hydrogens is 397 g/mol. The van der Waals surface area contributed by atoms with Crippen molar-refractivity contribution in [1.29, 1.82) is 0 Å². The number of benzene rings is 2. The average molecular weight is 417 g/mol. The van der Waals surface area contributed by atoms with Crippen molar-refractivity contribution < 1.29 is 27.4 Å². The Hall–Kier alpha value is -2.45. The van der Waals surface area contributed by atoms with Gasteiger partial charge in [-0.3, -0.25) is 4.79 Å². The Morgan fingerprint density at radius 3 is 2.36 bits per heavy atom. The maximum Gasteiger partial charge on any atom is 0.416 e. The second kappa shape index (κ2) is 9.66. The molecule has 28 heavy (non-hydrogen) atoms. The SMILES string of the molecule is CN(C)CCOc1ccc(NC(=O)COc2ccc(C(F)(F)F)cc2)cc1Cl. The van der Waals surface area contributed by atoms with Crippen molar-refractivity contribution in [2.24, 2.45) is 0 Å². The molecule has 2 aromatic rings. The summed E-state index contributed by atoms with van der Waals surface area (Å²) in [6.07, 6.45) is -4.42. The minimum absolute atomic E-state index is 0.158. The number of alkyl halides is 3. The third-order valence-electron chi connectivity index (χ3n) is 3.56. The Morgan fingerprint density at radius 2 is 1.79 bits per heavy atom. The molecule has 0 spiro atoms. The first-order valence-electron chi connectivity index (χ1n) is 8.32. The van der Waals surface area contributed by atoms with Gasteiger partial charge in [-0.1, -0.05) is 11.6 Å². The fourth-order valence-corrected chi connectivity index (χ4v) is 2.36. The highest BCUT2D eigenvalue weighted by Gasteiger charge is 2.30. The Morgan fingerprint density at radius 1 is 1.11 bits per heavy atom. The molecule has 2 aromatic carbocycles. The summed E-state index contributed by atoms with van der Waals surface area (Å²) in [6, 6.07) is 8.92. The van der Waals surface area contributed by atoms with Crippen LogP contribution < -0.4 is 14.8 Å². The van der Waals surface area contributed by atoms with Gasteiger partial charge in [0, 0.05) is 12.2 Å². The maximum absolute atomic E-state index is 12.5. The van der Waals surface area contributed by atoms with Crippen LogP contribution in [0.4, 0.5) is 18.9 Å². The lowest BCUT2D eigenvalue weighted by atomic mass is 10.2. The molecule has 1 amide bonds.